The molecular weight excluding hydrogens is 378 g/mol. The van der Waals surface area contributed by atoms with E-state index in [9.17, 15) is 9.59 Å². The number of imidazole rings is 1. The van der Waals surface area contributed by atoms with E-state index < -0.39 is 6.04 Å². The number of fused-ring (bicyclic) bond motifs is 1. The fraction of sp³-hybridized carbons (Fsp3) is 0.348. The van der Waals surface area contributed by atoms with Gasteiger partial charge in [-0.15, -0.1) is 0 Å². The van der Waals surface area contributed by atoms with E-state index in [1.807, 2.05) is 35.9 Å². The van der Waals surface area contributed by atoms with E-state index >= 15 is 0 Å². The molecule has 0 bridgehead atoms. The first kappa shape index (κ1) is 20.1. The summed E-state index contributed by atoms with van der Waals surface area (Å²) in [5.74, 6) is 0.573. The van der Waals surface area contributed by atoms with Gasteiger partial charge in [0.1, 0.15) is 5.82 Å². The summed E-state index contributed by atoms with van der Waals surface area (Å²) in [6, 6.07) is 14.0. The van der Waals surface area contributed by atoms with Crippen molar-refractivity contribution in [2.45, 2.75) is 39.0 Å². The zero-order chi connectivity index (χ0) is 20.9. The Morgan fingerprint density at radius 1 is 1.23 bits per heavy atom. The summed E-state index contributed by atoms with van der Waals surface area (Å²) in [5, 5.41) is 8.17. The van der Waals surface area contributed by atoms with Crippen LogP contribution in [0.15, 0.2) is 54.9 Å². The van der Waals surface area contributed by atoms with Gasteiger partial charge in [-0.25, -0.2) is 4.98 Å². The highest BCUT2D eigenvalue weighted by Gasteiger charge is 2.31. The number of aryl methyl sites for hydroxylation is 1. The molecule has 0 spiro atoms. The van der Waals surface area contributed by atoms with E-state index in [0.717, 1.165) is 17.9 Å². The molecule has 7 heteroatoms. The van der Waals surface area contributed by atoms with Crippen LogP contribution in [0.25, 0.3) is 10.8 Å². The summed E-state index contributed by atoms with van der Waals surface area (Å²) >= 11 is 0. The summed E-state index contributed by atoms with van der Waals surface area (Å²) in [4.78, 5) is 31.6. The smallest absolute Gasteiger partial charge is 0.237 e. The summed E-state index contributed by atoms with van der Waals surface area (Å²) in [6.45, 7) is 5.13. The van der Waals surface area contributed by atoms with Crippen molar-refractivity contribution in [3.05, 3.63) is 66.2 Å². The van der Waals surface area contributed by atoms with E-state index in [0.29, 0.717) is 26.2 Å². The normalized spacial score (nSPS) is 17.1. The maximum Gasteiger partial charge on any atom is 0.237 e. The van der Waals surface area contributed by atoms with Gasteiger partial charge >= 0.3 is 0 Å². The van der Waals surface area contributed by atoms with E-state index in [-0.39, 0.29) is 18.2 Å². The highest BCUT2D eigenvalue weighted by Crippen LogP contribution is 2.22. The van der Waals surface area contributed by atoms with Crippen LogP contribution >= 0.6 is 0 Å². The highest BCUT2D eigenvalue weighted by atomic mass is 16.2. The molecule has 1 aliphatic heterocycles. The van der Waals surface area contributed by atoms with E-state index in [4.69, 9.17) is 0 Å². The van der Waals surface area contributed by atoms with Crippen molar-refractivity contribution >= 4 is 22.6 Å². The first-order valence-electron chi connectivity index (χ1n) is 10.4. The molecule has 156 valence electrons. The van der Waals surface area contributed by atoms with Gasteiger partial charge in [0, 0.05) is 38.6 Å². The van der Waals surface area contributed by atoms with Crippen LogP contribution < -0.4 is 10.6 Å². The van der Waals surface area contributed by atoms with Gasteiger partial charge in [-0.1, -0.05) is 42.5 Å². The number of rotatable bonds is 7. The lowest BCUT2D eigenvalue weighted by molar-refractivity contribution is -0.134. The quantitative estimate of drug-likeness (QED) is 0.631. The number of hydrogen-bond donors (Lipinski definition) is 2. The Labute approximate surface area is 176 Å². The lowest BCUT2D eigenvalue weighted by Crippen LogP contribution is -2.56. The Morgan fingerprint density at radius 2 is 2.07 bits per heavy atom. The molecule has 4 rings (SSSR count). The van der Waals surface area contributed by atoms with Crippen molar-refractivity contribution < 1.29 is 9.59 Å². The second-order valence-corrected chi connectivity index (χ2v) is 7.53. The van der Waals surface area contributed by atoms with Gasteiger partial charge in [-0.3, -0.25) is 14.5 Å². The molecule has 1 aromatic heterocycles. The highest BCUT2D eigenvalue weighted by molar-refractivity contribution is 5.89. The Morgan fingerprint density at radius 3 is 2.93 bits per heavy atom. The van der Waals surface area contributed by atoms with Gasteiger partial charge in [-0.05, 0) is 23.3 Å². The molecule has 3 aromatic rings. The summed E-state index contributed by atoms with van der Waals surface area (Å²) in [7, 11) is 0. The molecule has 2 amide bonds. The predicted molar refractivity (Wildman–Crippen MR) is 116 cm³/mol. The van der Waals surface area contributed by atoms with Crippen molar-refractivity contribution in [3.8, 4) is 0 Å². The molecule has 7 nitrogen and oxygen atoms in total. The minimum absolute atomic E-state index is 0.0910. The van der Waals surface area contributed by atoms with Crippen LogP contribution in [-0.4, -0.2) is 45.4 Å². The Balaban J connectivity index is 1.45. The molecule has 0 saturated carbocycles. The zero-order valence-corrected chi connectivity index (χ0v) is 17.2. The molecular formula is C23H27N5O2. The largest absolute Gasteiger partial charge is 0.353 e. The Bertz CT molecular complexity index is 1040. The van der Waals surface area contributed by atoms with Crippen molar-refractivity contribution in [1.29, 1.82) is 0 Å². The molecule has 0 aliphatic carbocycles. The molecule has 0 unspecified atom stereocenters. The number of aromatic nitrogens is 2. The standard InChI is InChI=1S/C23H27N5O2/c1-2-27-12-10-24-21(27)15-26-22(29)14-20-23(30)25-11-13-28(20)16-18-8-5-7-17-6-3-4-9-19(17)18/h3-10,12,20H,2,11,13-16H2,1H3,(H,25,30)(H,26,29)/t20-/m1/s1. The van der Waals surface area contributed by atoms with Gasteiger partial charge in [0.05, 0.1) is 19.0 Å². The number of piperazine rings is 1. The summed E-state index contributed by atoms with van der Waals surface area (Å²) in [6.07, 6.45) is 3.75. The number of benzene rings is 2. The van der Waals surface area contributed by atoms with Crippen molar-refractivity contribution in [2.24, 2.45) is 0 Å². The van der Waals surface area contributed by atoms with Gasteiger partial charge in [-0.2, -0.15) is 0 Å². The van der Waals surface area contributed by atoms with Crippen molar-refractivity contribution in [1.82, 2.24) is 25.1 Å². The van der Waals surface area contributed by atoms with E-state index in [2.05, 4.69) is 44.8 Å². The molecule has 2 aromatic carbocycles. The number of carbonyl (C=O) groups excluding carboxylic acids is 2. The number of nitrogens with zero attached hydrogens (tertiary/aromatic N) is 3. The molecule has 1 atom stereocenters. The first-order chi connectivity index (χ1) is 14.7. The minimum atomic E-state index is -0.483. The maximum atomic E-state index is 12.6. The third-order valence-corrected chi connectivity index (χ3v) is 5.66. The summed E-state index contributed by atoms with van der Waals surface area (Å²) < 4.78 is 1.99. The van der Waals surface area contributed by atoms with E-state index in [1.54, 1.807) is 6.20 Å². The third-order valence-electron chi connectivity index (χ3n) is 5.66. The predicted octanol–water partition coefficient (Wildman–Crippen LogP) is 2.06. The molecule has 1 aliphatic rings. The second-order valence-electron chi connectivity index (χ2n) is 7.53. The molecule has 2 N–H and O–H groups in total. The van der Waals surface area contributed by atoms with Crippen molar-refractivity contribution in [3.63, 3.8) is 0 Å². The van der Waals surface area contributed by atoms with Gasteiger partial charge in [0.25, 0.3) is 0 Å². The number of amides is 2. The van der Waals surface area contributed by atoms with Crippen LogP contribution in [0, 0.1) is 0 Å². The first-order valence-corrected chi connectivity index (χ1v) is 10.4. The number of carbonyl (C=O) groups is 2. The van der Waals surface area contributed by atoms with Crippen LogP contribution in [0.5, 0.6) is 0 Å². The lowest BCUT2D eigenvalue weighted by Gasteiger charge is -2.35. The monoisotopic (exact) mass is 405 g/mol. The average Bonchev–Trinajstić information content (AvgIpc) is 3.22. The molecule has 2 heterocycles. The molecule has 0 radical (unpaired) electrons. The van der Waals surface area contributed by atoms with Crippen LogP contribution in [0.2, 0.25) is 0 Å². The Kier molecular flexibility index (Phi) is 6.09. The van der Waals surface area contributed by atoms with Gasteiger partial charge in [0.2, 0.25) is 11.8 Å². The number of nitrogens with one attached hydrogen (secondary N) is 2. The maximum absolute atomic E-state index is 12.6. The van der Waals surface area contributed by atoms with Gasteiger partial charge in [0.15, 0.2) is 0 Å². The second kappa shape index (κ2) is 9.09. The molecule has 30 heavy (non-hydrogen) atoms. The van der Waals surface area contributed by atoms with Gasteiger partial charge < -0.3 is 15.2 Å². The van der Waals surface area contributed by atoms with Crippen molar-refractivity contribution in [2.75, 3.05) is 13.1 Å². The zero-order valence-electron chi connectivity index (χ0n) is 17.2. The molecule has 1 fully saturated rings. The van der Waals surface area contributed by atoms with Crippen LogP contribution in [0.3, 0.4) is 0 Å². The SMILES string of the molecule is CCn1ccnc1CNC(=O)C[C@@H]1C(=O)NCCN1Cc1cccc2ccccc12. The Hall–Kier alpha value is -3.19. The number of hydrogen-bond acceptors (Lipinski definition) is 4. The van der Waals surface area contributed by atoms with Crippen LogP contribution in [0.1, 0.15) is 24.7 Å². The lowest BCUT2D eigenvalue weighted by atomic mass is 10.0. The summed E-state index contributed by atoms with van der Waals surface area (Å²) in [5.41, 5.74) is 1.16. The average molecular weight is 406 g/mol. The molecule has 1 saturated heterocycles. The fourth-order valence-electron chi connectivity index (χ4n) is 4.04. The minimum Gasteiger partial charge on any atom is -0.353 e. The van der Waals surface area contributed by atoms with E-state index in [1.165, 1.54) is 10.8 Å². The topological polar surface area (TPSA) is 79.3 Å². The van der Waals surface area contributed by atoms with Crippen LogP contribution in [0.4, 0.5) is 0 Å². The third kappa shape index (κ3) is 4.36. The van der Waals surface area contributed by atoms with Crippen LogP contribution in [-0.2, 0) is 29.2 Å². The fourth-order valence-corrected chi connectivity index (χ4v) is 4.04.